The largest absolute Gasteiger partial charge is 0.465 e. The van der Waals surface area contributed by atoms with Crippen LogP contribution in [0, 0.1) is 20.8 Å². The van der Waals surface area contributed by atoms with Gasteiger partial charge in [-0.25, -0.2) is 9.59 Å². The van der Waals surface area contributed by atoms with Gasteiger partial charge in [0.05, 0.1) is 32.0 Å². The van der Waals surface area contributed by atoms with Gasteiger partial charge in [0.15, 0.2) is 5.76 Å². The van der Waals surface area contributed by atoms with Gasteiger partial charge in [-0.3, -0.25) is 9.48 Å². The van der Waals surface area contributed by atoms with E-state index in [4.69, 9.17) is 13.9 Å². The summed E-state index contributed by atoms with van der Waals surface area (Å²) in [4.78, 5) is 37.0. The van der Waals surface area contributed by atoms with Gasteiger partial charge in [-0.15, -0.1) is 11.3 Å². The van der Waals surface area contributed by atoms with E-state index < -0.39 is 17.8 Å². The molecule has 3 aromatic heterocycles. The van der Waals surface area contributed by atoms with E-state index in [0.717, 1.165) is 22.7 Å². The van der Waals surface area contributed by atoms with Gasteiger partial charge in [-0.2, -0.15) is 5.10 Å². The van der Waals surface area contributed by atoms with Gasteiger partial charge in [0.25, 0.3) is 5.91 Å². The van der Waals surface area contributed by atoms with Crippen LogP contribution in [-0.4, -0.2) is 41.8 Å². The topological polar surface area (TPSA) is 113 Å². The van der Waals surface area contributed by atoms with Gasteiger partial charge in [0.2, 0.25) is 0 Å². The fourth-order valence-electron chi connectivity index (χ4n) is 2.97. The minimum atomic E-state index is -0.668. The van der Waals surface area contributed by atoms with Crippen LogP contribution < -0.4 is 5.32 Å². The van der Waals surface area contributed by atoms with E-state index in [-0.39, 0.29) is 21.2 Å². The first-order valence-corrected chi connectivity index (χ1v) is 9.78. The molecule has 0 bridgehead atoms. The summed E-state index contributed by atoms with van der Waals surface area (Å²) in [6.07, 6.45) is 0. The number of ether oxygens (including phenoxy) is 2. The lowest BCUT2D eigenvalue weighted by Gasteiger charge is -2.05. The molecule has 0 aliphatic rings. The van der Waals surface area contributed by atoms with Gasteiger partial charge in [0.1, 0.15) is 15.6 Å². The highest BCUT2D eigenvalue weighted by Crippen LogP contribution is 2.34. The number of esters is 2. The third-order valence-electron chi connectivity index (χ3n) is 4.43. The fourth-order valence-corrected chi connectivity index (χ4v) is 4.08. The molecule has 0 atom stereocenters. The van der Waals surface area contributed by atoms with Crippen LogP contribution in [0.15, 0.2) is 22.6 Å². The monoisotopic (exact) mass is 431 g/mol. The van der Waals surface area contributed by atoms with E-state index in [1.54, 1.807) is 17.7 Å². The number of anilines is 1. The number of thiophene rings is 1. The quantitative estimate of drug-likeness (QED) is 0.596. The van der Waals surface area contributed by atoms with Crippen LogP contribution in [0.2, 0.25) is 0 Å². The summed E-state index contributed by atoms with van der Waals surface area (Å²) < 4.78 is 16.9. The number of amides is 1. The summed E-state index contributed by atoms with van der Waals surface area (Å²) in [6.45, 7) is 5.80. The third-order valence-corrected chi connectivity index (χ3v) is 5.62. The zero-order valence-electron chi connectivity index (χ0n) is 17.2. The van der Waals surface area contributed by atoms with E-state index >= 15 is 0 Å². The van der Waals surface area contributed by atoms with Crippen LogP contribution in [0.4, 0.5) is 5.00 Å². The molecule has 158 valence electrons. The Hall–Kier alpha value is -3.40. The van der Waals surface area contributed by atoms with Crippen LogP contribution in [0.25, 0.3) is 0 Å². The Morgan fingerprint density at radius 3 is 2.43 bits per heavy atom. The normalized spacial score (nSPS) is 10.7. The zero-order chi connectivity index (χ0) is 22.0. The summed E-state index contributed by atoms with van der Waals surface area (Å²) >= 11 is 0.937. The number of rotatable bonds is 6. The molecule has 0 aromatic carbocycles. The molecular weight excluding hydrogens is 410 g/mol. The lowest BCUT2D eigenvalue weighted by Crippen LogP contribution is -2.13. The summed E-state index contributed by atoms with van der Waals surface area (Å²) in [5.41, 5.74) is 2.34. The number of carbonyl (C=O) groups excluding carboxylic acids is 3. The van der Waals surface area contributed by atoms with Crippen LogP contribution in [0.5, 0.6) is 0 Å². The lowest BCUT2D eigenvalue weighted by atomic mass is 10.1. The molecule has 10 heteroatoms. The zero-order valence-corrected chi connectivity index (χ0v) is 18.0. The Bertz CT molecular complexity index is 1120. The van der Waals surface area contributed by atoms with Crippen molar-refractivity contribution in [3.8, 4) is 0 Å². The van der Waals surface area contributed by atoms with Crippen molar-refractivity contribution in [3.05, 3.63) is 57.1 Å². The number of nitrogens with zero attached hydrogens (tertiary/aromatic N) is 2. The van der Waals surface area contributed by atoms with Gasteiger partial charge in [-0.05, 0) is 44.5 Å². The second kappa shape index (κ2) is 8.54. The van der Waals surface area contributed by atoms with Crippen molar-refractivity contribution in [1.82, 2.24) is 9.78 Å². The average Bonchev–Trinajstić information content (AvgIpc) is 3.39. The fraction of sp³-hybridized carbons (Fsp3) is 0.300. The number of aromatic nitrogens is 2. The number of hydrogen-bond donors (Lipinski definition) is 1. The molecule has 3 aromatic rings. The van der Waals surface area contributed by atoms with Gasteiger partial charge < -0.3 is 19.2 Å². The summed E-state index contributed by atoms with van der Waals surface area (Å²) in [5, 5.41) is 7.18. The highest BCUT2D eigenvalue weighted by molar-refractivity contribution is 7.18. The minimum Gasteiger partial charge on any atom is -0.465 e. The van der Waals surface area contributed by atoms with Crippen molar-refractivity contribution in [2.45, 2.75) is 27.3 Å². The van der Waals surface area contributed by atoms with E-state index in [1.165, 1.54) is 20.3 Å². The second-order valence-corrected chi connectivity index (χ2v) is 7.57. The molecule has 9 nitrogen and oxygen atoms in total. The molecule has 0 radical (unpaired) electrons. The molecular formula is C20H21N3O6S. The molecule has 3 rings (SSSR count). The summed E-state index contributed by atoms with van der Waals surface area (Å²) in [7, 11) is 2.46. The van der Waals surface area contributed by atoms with Crippen LogP contribution in [0.1, 0.15) is 53.3 Å². The highest BCUT2D eigenvalue weighted by atomic mass is 32.1. The molecule has 1 amide bonds. The molecule has 0 saturated carbocycles. The Balaban J connectivity index is 1.84. The van der Waals surface area contributed by atoms with E-state index in [2.05, 4.69) is 10.4 Å². The Morgan fingerprint density at radius 1 is 1.13 bits per heavy atom. The first-order valence-electron chi connectivity index (χ1n) is 8.96. The van der Waals surface area contributed by atoms with Crippen LogP contribution >= 0.6 is 11.3 Å². The first-order chi connectivity index (χ1) is 14.2. The number of aryl methyl sites for hydroxylation is 2. The van der Waals surface area contributed by atoms with Crippen molar-refractivity contribution in [3.63, 3.8) is 0 Å². The van der Waals surface area contributed by atoms with Gasteiger partial charge >= 0.3 is 11.9 Å². The van der Waals surface area contributed by atoms with Gasteiger partial charge in [0, 0.05) is 5.69 Å². The van der Waals surface area contributed by atoms with Crippen molar-refractivity contribution in [1.29, 1.82) is 0 Å². The standard InChI is InChI=1S/C20H21N3O6S/c1-10-8-11(2)23(22-10)9-13-6-7-14(29-13)17(24)21-18-15(19(25)27-4)12(3)16(30-18)20(26)28-5/h6-8H,9H2,1-5H3,(H,21,24). The Labute approximate surface area is 176 Å². The van der Waals surface area contributed by atoms with Crippen molar-refractivity contribution >= 4 is 34.2 Å². The smallest absolute Gasteiger partial charge is 0.348 e. The maximum Gasteiger partial charge on any atom is 0.348 e. The molecule has 0 aliphatic carbocycles. The molecule has 0 unspecified atom stereocenters. The Kier molecular flexibility index (Phi) is 6.06. The maximum atomic E-state index is 12.7. The van der Waals surface area contributed by atoms with E-state index in [9.17, 15) is 14.4 Å². The summed E-state index contributed by atoms with van der Waals surface area (Å²) in [5.74, 6) is -1.21. The lowest BCUT2D eigenvalue weighted by molar-refractivity contribution is 0.0601. The predicted octanol–water partition coefficient (Wildman–Crippen LogP) is 3.34. The molecule has 3 heterocycles. The van der Waals surface area contributed by atoms with Crippen molar-refractivity contribution < 1.29 is 28.3 Å². The van der Waals surface area contributed by atoms with Crippen molar-refractivity contribution in [2.24, 2.45) is 0 Å². The number of carbonyl (C=O) groups is 3. The number of methoxy groups -OCH3 is 2. The summed E-state index contributed by atoms with van der Waals surface area (Å²) in [6, 6.07) is 5.17. The highest BCUT2D eigenvalue weighted by Gasteiger charge is 2.27. The third kappa shape index (κ3) is 4.13. The van der Waals surface area contributed by atoms with E-state index in [1.807, 2.05) is 19.9 Å². The van der Waals surface area contributed by atoms with Crippen molar-refractivity contribution in [2.75, 3.05) is 19.5 Å². The molecule has 1 N–H and O–H groups in total. The molecule has 0 saturated heterocycles. The molecule has 30 heavy (non-hydrogen) atoms. The SMILES string of the molecule is COC(=O)c1sc(NC(=O)c2ccc(Cn3nc(C)cc3C)o2)c(C(=O)OC)c1C. The average molecular weight is 431 g/mol. The second-order valence-electron chi connectivity index (χ2n) is 6.55. The maximum absolute atomic E-state index is 12.7. The number of furan rings is 1. The first kappa shape index (κ1) is 21.3. The molecule has 0 spiro atoms. The van der Waals surface area contributed by atoms with Crippen LogP contribution in [0.3, 0.4) is 0 Å². The minimum absolute atomic E-state index is 0.0630. The number of nitrogens with one attached hydrogen (secondary N) is 1. The Morgan fingerprint density at radius 2 is 1.83 bits per heavy atom. The molecule has 0 aliphatic heterocycles. The number of hydrogen-bond acceptors (Lipinski definition) is 8. The van der Waals surface area contributed by atoms with Crippen LogP contribution in [-0.2, 0) is 16.0 Å². The van der Waals surface area contributed by atoms with Gasteiger partial charge in [-0.1, -0.05) is 0 Å². The van der Waals surface area contributed by atoms with E-state index in [0.29, 0.717) is 17.9 Å². The molecule has 0 fully saturated rings. The predicted molar refractivity (Wildman–Crippen MR) is 109 cm³/mol.